The van der Waals surface area contributed by atoms with E-state index in [1.807, 2.05) is 0 Å². The van der Waals surface area contributed by atoms with Gasteiger partial charge in [0.1, 0.15) is 0 Å². The Labute approximate surface area is 84.5 Å². The predicted octanol–water partition coefficient (Wildman–Crippen LogP) is 3.54. The van der Waals surface area contributed by atoms with Gasteiger partial charge < -0.3 is 4.90 Å². The summed E-state index contributed by atoms with van der Waals surface area (Å²) in [6, 6.07) is 0. The Kier molecular flexibility index (Phi) is 6.40. The molecule has 0 fully saturated rings. The summed E-state index contributed by atoms with van der Waals surface area (Å²) in [5.41, 5.74) is 0.568. The minimum absolute atomic E-state index is 0.568. The van der Waals surface area contributed by atoms with Crippen molar-refractivity contribution in [3.8, 4) is 0 Å². The second-order valence-corrected chi connectivity index (χ2v) is 5.13. The zero-order valence-corrected chi connectivity index (χ0v) is 10.2. The quantitative estimate of drug-likeness (QED) is 0.548. The van der Waals surface area contributed by atoms with Crippen molar-refractivity contribution in [2.45, 2.75) is 52.9 Å². The normalized spacial score (nSPS) is 12.5. The van der Waals surface area contributed by atoms with Crippen molar-refractivity contribution >= 4 is 0 Å². The van der Waals surface area contributed by atoms with E-state index in [0.29, 0.717) is 5.41 Å². The molecule has 0 radical (unpaired) electrons. The molecule has 0 bridgehead atoms. The minimum atomic E-state index is 0.568. The lowest BCUT2D eigenvalue weighted by atomic mass is 9.84. The van der Waals surface area contributed by atoms with Crippen LogP contribution < -0.4 is 0 Å². The van der Waals surface area contributed by atoms with Gasteiger partial charge in [0.05, 0.1) is 0 Å². The van der Waals surface area contributed by atoms with E-state index in [2.05, 4.69) is 39.8 Å². The first-order valence-electron chi connectivity index (χ1n) is 5.62. The van der Waals surface area contributed by atoms with Gasteiger partial charge in [0.2, 0.25) is 0 Å². The molecular weight excluding hydrogens is 158 g/mol. The van der Waals surface area contributed by atoms with Crippen molar-refractivity contribution < 1.29 is 0 Å². The van der Waals surface area contributed by atoms with Gasteiger partial charge in [-0.1, -0.05) is 40.0 Å². The molecule has 0 spiro atoms. The molecule has 0 saturated carbocycles. The maximum atomic E-state index is 2.37. The molecule has 0 saturated heterocycles. The van der Waals surface area contributed by atoms with Crippen LogP contribution in [0.15, 0.2) is 0 Å². The van der Waals surface area contributed by atoms with Gasteiger partial charge in [-0.3, -0.25) is 0 Å². The van der Waals surface area contributed by atoms with Crippen LogP contribution in [0.25, 0.3) is 0 Å². The van der Waals surface area contributed by atoms with Crippen LogP contribution >= 0.6 is 0 Å². The molecule has 0 amide bonds. The fourth-order valence-corrected chi connectivity index (χ4v) is 1.39. The summed E-state index contributed by atoms with van der Waals surface area (Å²) >= 11 is 0. The van der Waals surface area contributed by atoms with Gasteiger partial charge in [0.15, 0.2) is 0 Å². The summed E-state index contributed by atoms with van der Waals surface area (Å²) in [6.45, 7) is 8.28. The number of unbranched alkanes of at least 4 members (excludes halogenated alkanes) is 2. The highest BCUT2D eigenvalue weighted by molar-refractivity contribution is 4.65. The second-order valence-electron chi connectivity index (χ2n) is 5.13. The molecule has 0 unspecified atom stereocenters. The minimum Gasteiger partial charge on any atom is -0.309 e. The van der Waals surface area contributed by atoms with Crippen molar-refractivity contribution in [2.24, 2.45) is 5.41 Å². The van der Waals surface area contributed by atoms with Crippen molar-refractivity contribution in [3.05, 3.63) is 0 Å². The lowest BCUT2D eigenvalue weighted by Crippen LogP contribution is -2.13. The van der Waals surface area contributed by atoms with Crippen molar-refractivity contribution in [3.63, 3.8) is 0 Å². The Balaban J connectivity index is 3.26. The molecule has 0 N–H and O–H groups in total. The number of hydrogen-bond acceptors (Lipinski definition) is 1. The molecule has 0 heterocycles. The van der Waals surface area contributed by atoms with Crippen LogP contribution in [0.2, 0.25) is 0 Å². The van der Waals surface area contributed by atoms with Crippen LogP contribution in [0.5, 0.6) is 0 Å². The van der Waals surface area contributed by atoms with E-state index in [1.54, 1.807) is 0 Å². The Morgan fingerprint density at radius 3 is 2.08 bits per heavy atom. The van der Waals surface area contributed by atoms with Crippen LogP contribution in [0.4, 0.5) is 0 Å². The average Bonchev–Trinajstić information content (AvgIpc) is 2.03. The van der Waals surface area contributed by atoms with Crippen LogP contribution in [0.1, 0.15) is 52.9 Å². The maximum absolute atomic E-state index is 2.37. The highest BCUT2D eigenvalue weighted by Crippen LogP contribution is 2.26. The molecule has 13 heavy (non-hydrogen) atoms. The largest absolute Gasteiger partial charge is 0.309 e. The van der Waals surface area contributed by atoms with Crippen LogP contribution in [0.3, 0.4) is 0 Å². The maximum Gasteiger partial charge on any atom is -0.00248 e. The van der Waals surface area contributed by atoms with Gasteiger partial charge in [-0.05, 0) is 38.9 Å². The molecular formula is C12H27N. The Morgan fingerprint density at radius 2 is 1.62 bits per heavy atom. The second kappa shape index (κ2) is 6.42. The molecule has 80 valence electrons. The van der Waals surface area contributed by atoms with Gasteiger partial charge in [0.25, 0.3) is 0 Å². The first kappa shape index (κ1) is 13.0. The summed E-state index contributed by atoms with van der Waals surface area (Å²) < 4.78 is 0. The smallest absolute Gasteiger partial charge is 0.00248 e. The summed E-state index contributed by atoms with van der Waals surface area (Å²) in [7, 11) is 4.30. The van der Waals surface area contributed by atoms with Gasteiger partial charge in [-0.15, -0.1) is 0 Å². The van der Waals surface area contributed by atoms with Crippen LogP contribution in [-0.4, -0.2) is 25.5 Å². The highest BCUT2D eigenvalue weighted by Gasteiger charge is 2.13. The van der Waals surface area contributed by atoms with E-state index in [1.165, 1.54) is 38.6 Å². The van der Waals surface area contributed by atoms with E-state index in [0.717, 1.165) is 0 Å². The van der Waals surface area contributed by atoms with Gasteiger partial charge in [-0.2, -0.15) is 0 Å². The fourth-order valence-electron chi connectivity index (χ4n) is 1.39. The first-order chi connectivity index (χ1) is 5.98. The zero-order valence-electron chi connectivity index (χ0n) is 10.2. The number of rotatable bonds is 7. The van der Waals surface area contributed by atoms with Crippen LogP contribution in [0, 0.1) is 5.41 Å². The highest BCUT2D eigenvalue weighted by atomic mass is 15.0. The molecule has 0 aromatic heterocycles. The van der Waals surface area contributed by atoms with Crippen molar-refractivity contribution in [1.29, 1.82) is 0 Å². The first-order valence-corrected chi connectivity index (χ1v) is 5.62. The third kappa shape index (κ3) is 8.29. The predicted molar refractivity (Wildman–Crippen MR) is 61.1 cm³/mol. The van der Waals surface area contributed by atoms with Crippen molar-refractivity contribution in [2.75, 3.05) is 20.6 Å². The lowest BCUT2D eigenvalue weighted by Gasteiger charge is -2.22. The Hall–Kier alpha value is -0.0400. The summed E-state index contributed by atoms with van der Waals surface area (Å²) in [4.78, 5) is 2.27. The van der Waals surface area contributed by atoms with Gasteiger partial charge >= 0.3 is 0 Å². The number of hydrogen-bond donors (Lipinski definition) is 0. The van der Waals surface area contributed by atoms with E-state index in [-0.39, 0.29) is 0 Å². The van der Waals surface area contributed by atoms with E-state index < -0.39 is 0 Å². The molecule has 0 atom stereocenters. The van der Waals surface area contributed by atoms with E-state index in [4.69, 9.17) is 0 Å². The van der Waals surface area contributed by atoms with Crippen molar-refractivity contribution in [1.82, 2.24) is 4.90 Å². The number of nitrogens with zero attached hydrogens (tertiary/aromatic N) is 1. The Bertz CT molecular complexity index is 116. The molecule has 0 rings (SSSR count). The molecule has 0 aromatic rings. The summed E-state index contributed by atoms with van der Waals surface area (Å²) in [6.07, 6.45) is 6.83. The molecule has 1 heteroatoms. The van der Waals surface area contributed by atoms with E-state index >= 15 is 0 Å². The molecule has 0 aliphatic heterocycles. The lowest BCUT2D eigenvalue weighted by molar-refractivity contribution is 0.302. The topological polar surface area (TPSA) is 3.24 Å². The monoisotopic (exact) mass is 185 g/mol. The van der Waals surface area contributed by atoms with Gasteiger partial charge in [-0.25, -0.2) is 0 Å². The standard InChI is InChI=1S/C12H27N/c1-6-12(2,3)10-8-7-9-11-13(4)5/h6-11H2,1-5H3. The summed E-state index contributed by atoms with van der Waals surface area (Å²) in [5.74, 6) is 0. The van der Waals surface area contributed by atoms with E-state index in [9.17, 15) is 0 Å². The molecule has 0 aromatic carbocycles. The summed E-state index contributed by atoms with van der Waals surface area (Å²) in [5, 5.41) is 0. The average molecular weight is 185 g/mol. The molecule has 0 aliphatic carbocycles. The zero-order chi connectivity index (χ0) is 10.3. The molecule has 0 aliphatic rings. The van der Waals surface area contributed by atoms with Crippen LogP contribution in [-0.2, 0) is 0 Å². The Morgan fingerprint density at radius 1 is 1.00 bits per heavy atom. The fraction of sp³-hybridized carbons (Fsp3) is 1.00. The van der Waals surface area contributed by atoms with Gasteiger partial charge in [0, 0.05) is 0 Å². The molecule has 1 nitrogen and oxygen atoms in total. The third-order valence-electron chi connectivity index (χ3n) is 2.92. The third-order valence-corrected chi connectivity index (χ3v) is 2.92. The SMILES string of the molecule is CCC(C)(C)CCCCCN(C)C.